The minimum absolute atomic E-state index is 0.231. The zero-order valence-corrected chi connectivity index (χ0v) is 12.4. The van der Waals surface area contributed by atoms with Crippen molar-refractivity contribution in [2.24, 2.45) is 0 Å². The normalized spacial score (nSPS) is 18.0. The van der Waals surface area contributed by atoms with Gasteiger partial charge in [-0.05, 0) is 37.9 Å². The lowest BCUT2D eigenvalue weighted by atomic mass is 10.2. The standard InChI is InChI=1S/C15H23NO5/c1-18-15(17)14-6-5-12(21-14)10-16-7-3-8-19-11-13-4-2-9-20-13/h5-6,13,16H,2-4,7-11H2,1H3. The second-order valence-corrected chi connectivity index (χ2v) is 5.00. The number of methoxy groups -OCH3 is 1. The first kappa shape index (κ1) is 16.0. The Labute approximate surface area is 124 Å². The van der Waals surface area contributed by atoms with Crippen LogP contribution in [0.4, 0.5) is 0 Å². The summed E-state index contributed by atoms with van der Waals surface area (Å²) >= 11 is 0. The third-order valence-corrected chi connectivity index (χ3v) is 3.32. The second kappa shape index (κ2) is 8.81. The van der Waals surface area contributed by atoms with Crippen molar-refractivity contribution in [3.05, 3.63) is 23.7 Å². The molecular formula is C15H23NO5. The lowest BCUT2D eigenvalue weighted by Crippen LogP contribution is -2.18. The maximum atomic E-state index is 11.2. The molecule has 6 heteroatoms. The fourth-order valence-corrected chi connectivity index (χ4v) is 2.18. The maximum Gasteiger partial charge on any atom is 0.373 e. The van der Waals surface area contributed by atoms with Gasteiger partial charge in [0.2, 0.25) is 5.76 Å². The number of esters is 1. The Hall–Kier alpha value is -1.37. The number of rotatable bonds is 9. The monoisotopic (exact) mass is 297 g/mol. The van der Waals surface area contributed by atoms with E-state index in [9.17, 15) is 4.79 Å². The molecule has 2 heterocycles. The van der Waals surface area contributed by atoms with Crippen LogP contribution in [0.15, 0.2) is 16.5 Å². The average molecular weight is 297 g/mol. The molecule has 1 aromatic rings. The van der Waals surface area contributed by atoms with E-state index >= 15 is 0 Å². The van der Waals surface area contributed by atoms with Crippen molar-refractivity contribution in [3.63, 3.8) is 0 Å². The highest BCUT2D eigenvalue weighted by Gasteiger charge is 2.15. The molecular weight excluding hydrogens is 274 g/mol. The molecule has 1 aliphatic rings. The van der Waals surface area contributed by atoms with Crippen molar-refractivity contribution in [2.45, 2.75) is 31.9 Å². The molecule has 0 bridgehead atoms. The lowest BCUT2D eigenvalue weighted by Gasteiger charge is -2.10. The third-order valence-electron chi connectivity index (χ3n) is 3.32. The van der Waals surface area contributed by atoms with Gasteiger partial charge >= 0.3 is 5.97 Å². The van der Waals surface area contributed by atoms with Crippen LogP contribution in [0.3, 0.4) is 0 Å². The van der Waals surface area contributed by atoms with Crippen LogP contribution in [-0.2, 0) is 20.8 Å². The Kier molecular flexibility index (Phi) is 6.72. The van der Waals surface area contributed by atoms with Gasteiger partial charge < -0.3 is 23.9 Å². The van der Waals surface area contributed by atoms with E-state index in [2.05, 4.69) is 10.1 Å². The zero-order valence-electron chi connectivity index (χ0n) is 12.4. The van der Waals surface area contributed by atoms with E-state index in [1.165, 1.54) is 7.11 Å². The predicted octanol–water partition coefficient (Wildman–Crippen LogP) is 1.74. The first-order valence-corrected chi connectivity index (χ1v) is 7.36. The Morgan fingerprint density at radius 2 is 2.38 bits per heavy atom. The molecule has 118 valence electrons. The Balaban J connectivity index is 1.49. The molecule has 21 heavy (non-hydrogen) atoms. The van der Waals surface area contributed by atoms with Crippen LogP contribution < -0.4 is 5.32 Å². The van der Waals surface area contributed by atoms with Crippen LogP contribution in [-0.4, -0.2) is 45.5 Å². The summed E-state index contributed by atoms with van der Waals surface area (Å²) in [5, 5.41) is 3.24. The lowest BCUT2D eigenvalue weighted by molar-refractivity contribution is 0.0166. The molecule has 1 aliphatic heterocycles. The quantitative estimate of drug-likeness (QED) is 0.553. The van der Waals surface area contributed by atoms with Gasteiger partial charge in [-0.3, -0.25) is 0 Å². The van der Waals surface area contributed by atoms with Crippen molar-refractivity contribution in [1.29, 1.82) is 0 Å². The van der Waals surface area contributed by atoms with Gasteiger partial charge in [0, 0.05) is 13.2 Å². The largest absolute Gasteiger partial charge is 0.463 e. The summed E-state index contributed by atoms with van der Waals surface area (Å²) in [4.78, 5) is 11.2. The van der Waals surface area contributed by atoms with Gasteiger partial charge in [0.1, 0.15) is 5.76 Å². The number of hydrogen-bond acceptors (Lipinski definition) is 6. The van der Waals surface area contributed by atoms with Gasteiger partial charge in [-0.25, -0.2) is 4.79 Å². The first-order valence-electron chi connectivity index (χ1n) is 7.36. The number of furan rings is 1. The highest BCUT2D eigenvalue weighted by Crippen LogP contribution is 2.12. The van der Waals surface area contributed by atoms with Crippen molar-refractivity contribution in [1.82, 2.24) is 5.32 Å². The van der Waals surface area contributed by atoms with Crippen molar-refractivity contribution in [3.8, 4) is 0 Å². The first-order chi connectivity index (χ1) is 10.3. The van der Waals surface area contributed by atoms with E-state index < -0.39 is 5.97 Å². The van der Waals surface area contributed by atoms with Crippen LogP contribution in [0.2, 0.25) is 0 Å². The van der Waals surface area contributed by atoms with Crippen LogP contribution in [0, 0.1) is 0 Å². The molecule has 0 amide bonds. The molecule has 1 aromatic heterocycles. The highest BCUT2D eigenvalue weighted by molar-refractivity contribution is 5.86. The van der Waals surface area contributed by atoms with E-state index in [1.807, 2.05) is 0 Å². The van der Waals surface area contributed by atoms with Crippen LogP contribution in [0.25, 0.3) is 0 Å². The van der Waals surface area contributed by atoms with Crippen LogP contribution in [0.1, 0.15) is 35.6 Å². The molecule has 1 fully saturated rings. The molecule has 1 saturated heterocycles. The van der Waals surface area contributed by atoms with Gasteiger partial charge in [0.05, 0.1) is 26.4 Å². The van der Waals surface area contributed by atoms with Crippen molar-refractivity contribution < 1.29 is 23.4 Å². The van der Waals surface area contributed by atoms with Gasteiger partial charge in [0.15, 0.2) is 0 Å². The molecule has 0 saturated carbocycles. The van der Waals surface area contributed by atoms with E-state index in [0.717, 1.165) is 44.8 Å². The molecule has 6 nitrogen and oxygen atoms in total. The molecule has 2 rings (SSSR count). The van der Waals surface area contributed by atoms with E-state index in [4.69, 9.17) is 13.9 Å². The Morgan fingerprint density at radius 3 is 3.14 bits per heavy atom. The number of carbonyl (C=O) groups is 1. The van der Waals surface area contributed by atoms with Crippen molar-refractivity contribution >= 4 is 5.97 Å². The summed E-state index contributed by atoms with van der Waals surface area (Å²) in [6.07, 6.45) is 3.47. The summed E-state index contributed by atoms with van der Waals surface area (Å²) in [5.74, 6) is 0.494. The second-order valence-electron chi connectivity index (χ2n) is 5.00. The minimum atomic E-state index is -0.455. The number of hydrogen-bond donors (Lipinski definition) is 1. The molecule has 1 unspecified atom stereocenters. The predicted molar refractivity (Wildman–Crippen MR) is 76.2 cm³/mol. The molecule has 0 aliphatic carbocycles. The van der Waals surface area contributed by atoms with E-state index in [0.29, 0.717) is 13.2 Å². The van der Waals surface area contributed by atoms with Gasteiger partial charge in [0.25, 0.3) is 0 Å². The minimum Gasteiger partial charge on any atom is -0.463 e. The third kappa shape index (κ3) is 5.49. The zero-order chi connectivity index (χ0) is 14.9. The smallest absolute Gasteiger partial charge is 0.373 e. The average Bonchev–Trinajstić information content (AvgIpc) is 3.17. The molecule has 0 spiro atoms. The fraction of sp³-hybridized carbons (Fsp3) is 0.667. The SMILES string of the molecule is COC(=O)c1ccc(CNCCCOCC2CCCO2)o1. The summed E-state index contributed by atoms with van der Waals surface area (Å²) < 4.78 is 21.0. The fourth-order valence-electron chi connectivity index (χ4n) is 2.18. The van der Waals surface area contributed by atoms with Gasteiger partial charge in [-0.15, -0.1) is 0 Å². The Morgan fingerprint density at radius 1 is 1.48 bits per heavy atom. The molecule has 0 radical (unpaired) electrons. The summed E-state index contributed by atoms with van der Waals surface area (Å²) in [5.41, 5.74) is 0. The number of carbonyl (C=O) groups excluding carboxylic acids is 1. The van der Waals surface area contributed by atoms with Gasteiger partial charge in [-0.2, -0.15) is 0 Å². The number of ether oxygens (including phenoxy) is 3. The summed E-state index contributed by atoms with van der Waals surface area (Å²) in [6.45, 7) is 3.70. The van der Waals surface area contributed by atoms with Gasteiger partial charge in [-0.1, -0.05) is 0 Å². The summed E-state index contributed by atoms with van der Waals surface area (Å²) in [6, 6.07) is 3.39. The van der Waals surface area contributed by atoms with E-state index in [-0.39, 0.29) is 11.9 Å². The van der Waals surface area contributed by atoms with Crippen LogP contribution in [0.5, 0.6) is 0 Å². The molecule has 0 aromatic carbocycles. The molecule has 1 atom stereocenters. The topological polar surface area (TPSA) is 69.9 Å². The van der Waals surface area contributed by atoms with Crippen molar-refractivity contribution in [2.75, 3.05) is 33.5 Å². The maximum absolute atomic E-state index is 11.2. The number of nitrogens with one attached hydrogen (secondary N) is 1. The summed E-state index contributed by atoms with van der Waals surface area (Å²) in [7, 11) is 1.33. The van der Waals surface area contributed by atoms with E-state index in [1.54, 1.807) is 12.1 Å². The Bertz CT molecular complexity index is 425. The highest BCUT2D eigenvalue weighted by atomic mass is 16.5. The van der Waals surface area contributed by atoms with Crippen LogP contribution >= 0.6 is 0 Å². The molecule has 1 N–H and O–H groups in total.